The fourth-order valence-corrected chi connectivity index (χ4v) is 3.94. The molecule has 0 spiro atoms. The minimum atomic E-state index is -2.86. The van der Waals surface area contributed by atoms with E-state index < -0.39 is 9.84 Å². The van der Waals surface area contributed by atoms with Crippen molar-refractivity contribution in [3.05, 3.63) is 0 Å². The smallest absolute Gasteiger partial charge is 0.153 e. The van der Waals surface area contributed by atoms with Crippen LogP contribution in [0.3, 0.4) is 0 Å². The Morgan fingerprint density at radius 1 is 1.55 bits per heavy atom. The molecule has 0 aromatic heterocycles. The molecule has 11 heavy (non-hydrogen) atoms. The molecule has 1 aliphatic heterocycles. The molecule has 1 fully saturated rings. The average molecular weight is 178 g/mol. The molecule has 0 aromatic rings. The summed E-state index contributed by atoms with van der Waals surface area (Å²) in [5.74, 6) is 0.533. The van der Waals surface area contributed by atoms with E-state index in [-0.39, 0.29) is 17.8 Å². The number of aliphatic hydroxyl groups excluding tert-OH is 1. The van der Waals surface area contributed by atoms with Crippen LogP contribution in [0.25, 0.3) is 0 Å². The Kier molecular flexibility index (Phi) is 2.54. The van der Waals surface area contributed by atoms with E-state index in [2.05, 4.69) is 0 Å². The molecule has 1 N–H and O–H groups in total. The van der Waals surface area contributed by atoms with Crippen LogP contribution in [-0.2, 0) is 9.84 Å². The number of aliphatic hydroxyl groups is 1. The van der Waals surface area contributed by atoms with Gasteiger partial charge >= 0.3 is 0 Å². The Balaban J connectivity index is 2.73. The van der Waals surface area contributed by atoms with Crippen molar-refractivity contribution in [2.45, 2.75) is 25.0 Å². The first-order chi connectivity index (χ1) is 5.08. The van der Waals surface area contributed by atoms with E-state index in [1.165, 1.54) is 0 Å². The van der Waals surface area contributed by atoms with Crippen LogP contribution in [0.5, 0.6) is 0 Å². The lowest BCUT2D eigenvalue weighted by Gasteiger charge is -2.11. The summed E-state index contributed by atoms with van der Waals surface area (Å²) in [5.41, 5.74) is 0. The summed E-state index contributed by atoms with van der Waals surface area (Å²) < 4.78 is 22.5. The maximum Gasteiger partial charge on any atom is 0.153 e. The quantitative estimate of drug-likeness (QED) is 0.657. The van der Waals surface area contributed by atoms with Gasteiger partial charge < -0.3 is 5.11 Å². The lowest BCUT2D eigenvalue weighted by atomic mass is 10.0. The highest BCUT2D eigenvalue weighted by Crippen LogP contribution is 2.28. The van der Waals surface area contributed by atoms with Gasteiger partial charge in [0.1, 0.15) is 0 Å². The highest BCUT2D eigenvalue weighted by Gasteiger charge is 2.36. The summed E-state index contributed by atoms with van der Waals surface area (Å²) in [5, 5.41) is 8.33. The Hall–Kier alpha value is -0.0900. The summed E-state index contributed by atoms with van der Waals surface area (Å²) in [6, 6.07) is 0. The van der Waals surface area contributed by atoms with Crippen molar-refractivity contribution in [1.29, 1.82) is 0 Å². The van der Waals surface area contributed by atoms with Gasteiger partial charge in [-0.2, -0.15) is 0 Å². The van der Waals surface area contributed by atoms with E-state index in [1.807, 2.05) is 6.92 Å². The number of hydrogen-bond acceptors (Lipinski definition) is 3. The zero-order valence-electron chi connectivity index (χ0n) is 6.66. The molecule has 66 valence electrons. The van der Waals surface area contributed by atoms with E-state index in [9.17, 15) is 8.42 Å². The van der Waals surface area contributed by atoms with Gasteiger partial charge in [-0.15, -0.1) is 0 Å². The third-order valence-electron chi connectivity index (χ3n) is 2.37. The second-order valence-corrected chi connectivity index (χ2v) is 5.52. The third-order valence-corrected chi connectivity index (χ3v) is 4.79. The van der Waals surface area contributed by atoms with Crippen LogP contribution in [0.15, 0.2) is 0 Å². The fourth-order valence-electron chi connectivity index (χ4n) is 1.63. The highest BCUT2D eigenvalue weighted by atomic mass is 32.2. The predicted molar refractivity (Wildman–Crippen MR) is 43.1 cm³/mol. The van der Waals surface area contributed by atoms with Gasteiger partial charge in [-0.3, -0.25) is 0 Å². The molecule has 0 radical (unpaired) electrons. The molecule has 1 saturated heterocycles. The van der Waals surface area contributed by atoms with Gasteiger partial charge in [-0.25, -0.2) is 8.42 Å². The van der Waals surface area contributed by atoms with E-state index in [4.69, 9.17) is 5.11 Å². The number of hydrogen-bond donors (Lipinski definition) is 1. The van der Waals surface area contributed by atoms with Gasteiger partial charge in [0.15, 0.2) is 9.84 Å². The summed E-state index contributed by atoms with van der Waals surface area (Å²) in [6.45, 7) is 1.92. The van der Waals surface area contributed by atoms with Crippen LogP contribution in [0.2, 0.25) is 0 Å². The molecular formula is C7H14O3S. The van der Waals surface area contributed by atoms with Crippen LogP contribution >= 0.6 is 0 Å². The summed E-state index contributed by atoms with van der Waals surface area (Å²) in [4.78, 5) is 0. The minimum Gasteiger partial charge on any atom is -0.396 e. The van der Waals surface area contributed by atoms with Crippen molar-refractivity contribution in [3.8, 4) is 0 Å². The van der Waals surface area contributed by atoms with Crippen molar-refractivity contribution >= 4 is 9.84 Å². The highest BCUT2D eigenvalue weighted by molar-refractivity contribution is 7.92. The van der Waals surface area contributed by atoms with Crippen molar-refractivity contribution in [2.24, 2.45) is 5.92 Å². The number of sulfone groups is 1. The molecule has 0 bridgehead atoms. The van der Waals surface area contributed by atoms with Crippen LogP contribution in [0.1, 0.15) is 19.8 Å². The molecule has 0 amide bonds. The molecule has 0 aliphatic carbocycles. The Bertz CT molecular complexity index is 220. The van der Waals surface area contributed by atoms with Gasteiger partial charge in [-0.1, -0.05) is 6.92 Å². The number of rotatable bonds is 2. The largest absolute Gasteiger partial charge is 0.396 e. The first-order valence-corrected chi connectivity index (χ1v) is 5.62. The van der Waals surface area contributed by atoms with Crippen molar-refractivity contribution in [3.63, 3.8) is 0 Å². The monoisotopic (exact) mass is 178 g/mol. The van der Waals surface area contributed by atoms with E-state index >= 15 is 0 Å². The topological polar surface area (TPSA) is 54.4 Å². The normalized spacial score (nSPS) is 35.8. The van der Waals surface area contributed by atoms with E-state index in [0.29, 0.717) is 12.2 Å². The van der Waals surface area contributed by atoms with Crippen molar-refractivity contribution < 1.29 is 13.5 Å². The Labute approximate surface area is 67.3 Å². The zero-order chi connectivity index (χ0) is 8.48. The SMILES string of the molecule is CC1CCS(=O)(=O)C1CCO. The van der Waals surface area contributed by atoms with E-state index in [1.54, 1.807) is 0 Å². The van der Waals surface area contributed by atoms with Gasteiger partial charge in [0, 0.05) is 6.61 Å². The molecular weight excluding hydrogens is 164 g/mol. The first-order valence-electron chi connectivity index (χ1n) is 3.90. The molecule has 0 aromatic carbocycles. The second-order valence-electron chi connectivity index (χ2n) is 3.18. The maximum atomic E-state index is 11.3. The fraction of sp³-hybridized carbons (Fsp3) is 1.00. The van der Waals surface area contributed by atoms with Crippen LogP contribution in [-0.4, -0.2) is 31.1 Å². The van der Waals surface area contributed by atoms with Gasteiger partial charge in [-0.05, 0) is 18.8 Å². The minimum absolute atomic E-state index is 0.0196. The first kappa shape index (κ1) is 9.00. The lowest BCUT2D eigenvalue weighted by Crippen LogP contribution is -2.21. The van der Waals surface area contributed by atoms with Crippen LogP contribution in [0, 0.1) is 5.92 Å². The van der Waals surface area contributed by atoms with Gasteiger partial charge in [0.2, 0.25) is 0 Å². The van der Waals surface area contributed by atoms with Crippen molar-refractivity contribution in [1.82, 2.24) is 0 Å². The maximum absolute atomic E-state index is 11.3. The molecule has 2 atom stereocenters. The zero-order valence-corrected chi connectivity index (χ0v) is 7.47. The molecule has 0 saturated carbocycles. The van der Waals surface area contributed by atoms with Crippen LogP contribution < -0.4 is 0 Å². The molecule has 1 rings (SSSR count). The lowest BCUT2D eigenvalue weighted by molar-refractivity contribution is 0.277. The third kappa shape index (κ3) is 1.73. The summed E-state index contributed by atoms with van der Waals surface area (Å²) in [6.07, 6.45) is 1.16. The summed E-state index contributed by atoms with van der Waals surface area (Å²) >= 11 is 0. The van der Waals surface area contributed by atoms with E-state index in [0.717, 1.165) is 6.42 Å². The Morgan fingerprint density at radius 2 is 2.18 bits per heavy atom. The Morgan fingerprint density at radius 3 is 2.55 bits per heavy atom. The van der Waals surface area contributed by atoms with Gasteiger partial charge in [0.25, 0.3) is 0 Å². The summed E-state index contributed by atoms with van der Waals surface area (Å²) in [7, 11) is -2.86. The molecule has 1 heterocycles. The van der Waals surface area contributed by atoms with Crippen molar-refractivity contribution in [2.75, 3.05) is 12.4 Å². The predicted octanol–water partition coefficient (Wildman–Crippen LogP) is 0.192. The molecule has 4 heteroatoms. The standard InChI is InChI=1S/C7H14O3S/c1-6-3-5-11(9,10)7(6)2-4-8/h6-8H,2-5H2,1H3. The second kappa shape index (κ2) is 3.11. The average Bonchev–Trinajstić information content (AvgIpc) is 2.16. The van der Waals surface area contributed by atoms with Gasteiger partial charge in [0.05, 0.1) is 11.0 Å². The molecule has 3 nitrogen and oxygen atoms in total. The molecule has 2 unspecified atom stereocenters. The van der Waals surface area contributed by atoms with Crippen LogP contribution in [0.4, 0.5) is 0 Å². The molecule has 1 aliphatic rings.